The van der Waals surface area contributed by atoms with Crippen molar-refractivity contribution in [1.82, 2.24) is 24.4 Å². The van der Waals surface area contributed by atoms with Gasteiger partial charge in [0, 0.05) is 89.0 Å². The Balaban J connectivity index is 1.60. The Morgan fingerprint density at radius 2 is 1.72 bits per heavy atom. The molecule has 0 fully saturated rings. The number of benzene rings is 1. The summed E-state index contributed by atoms with van der Waals surface area (Å²) in [6, 6.07) is 9.67. The maximum Gasteiger partial charge on any atom is 0.225 e. The third kappa shape index (κ3) is 6.08. The number of carbonyl (C=O) groups is 2. The highest BCUT2D eigenvalue weighted by molar-refractivity contribution is 5.92. The quantitative estimate of drug-likeness (QED) is 0.545. The van der Waals surface area contributed by atoms with E-state index in [1.165, 1.54) is 0 Å². The van der Waals surface area contributed by atoms with Gasteiger partial charge in [-0.1, -0.05) is 32.0 Å². The van der Waals surface area contributed by atoms with Crippen LogP contribution >= 0.6 is 0 Å². The molecule has 2 aromatic heterocycles. The zero-order chi connectivity index (χ0) is 25.5. The van der Waals surface area contributed by atoms with Crippen molar-refractivity contribution in [1.29, 1.82) is 0 Å². The second-order valence-corrected chi connectivity index (χ2v) is 9.39. The first-order valence-corrected chi connectivity index (χ1v) is 12.6. The summed E-state index contributed by atoms with van der Waals surface area (Å²) in [7, 11) is 0. The fourth-order valence-electron chi connectivity index (χ4n) is 4.67. The Morgan fingerprint density at radius 1 is 0.944 bits per heavy atom. The Bertz CT molecular complexity index is 1160. The molecule has 4 rings (SSSR count). The molecule has 9 nitrogen and oxygen atoms in total. The highest BCUT2D eigenvalue weighted by Crippen LogP contribution is 2.24. The number of hydrogen-bond donors (Lipinski definition) is 0. The minimum Gasteiger partial charge on any atom is -0.339 e. The molecule has 0 bridgehead atoms. The molecule has 0 N–H and O–H groups in total. The zero-order valence-corrected chi connectivity index (χ0v) is 21.4. The molecule has 0 aliphatic carbocycles. The van der Waals surface area contributed by atoms with Crippen LogP contribution in [0.25, 0.3) is 0 Å². The SMILES string of the molecule is CC(=O)N1CCCN(c2ncccn2)CCN(C(=O)CCn2ccnc2C(C)C)Cc2ccccc21. The van der Waals surface area contributed by atoms with Gasteiger partial charge in [0.25, 0.3) is 0 Å². The van der Waals surface area contributed by atoms with Gasteiger partial charge in [0.05, 0.1) is 0 Å². The van der Waals surface area contributed by atoms with Gasteiger partial charge in [0.2, 0.25) is 17.8 Å². The summed E-state index contributed by atoms with van der Waals surface area (Å²) >= 11 is 0. The molecule has 3 aromatic rings. The molecule has 2 amide bonds. The van der Waals surface area contributed by atoms with Crippen LogP contribution in [0.1, 0.15) is 50.9 Å². The van der Waals surface area contributed by atoms with E-state index in [2.05, 4.69) is 38.3 Å². The number of rotatable bonds is 5. The van der Waals surface area contributed by atoms with Crippen molar-refractivity contribution in [2.45, 2.75) is 52.6 Å². The first kappa shape index (κ1) is 25.3. The predicted octanol–water partition coefficient (Wildman–Crippen LogP) is 3.48. The molecule has 0 spiro atoms. The van der Waals surface area contributed by atoms with E-state index in [-0.39, 0.29) is 17.7 Å². The molecule has 0 atom stereocenters. The lowest BCUT2D eigenvalue weighted by Crippen LogP contribution is -2.39. The molecule has 0 unspecified atom stereocenters. The van der Waals surface area contributed by atoms with Crippen LogP contribution in [-0.4, -0.2) is 62.4 Å². The van der Waals surface area contributed by atoms with Crippen LogP contribution in [0.4, 0.5) is 11.6 Å². The van der Waals surface area contributed by atoms with E-state index in [0.29, 0.717) is 51.6 Å². The van der Waals surface area contributed by atoms with Crippen molar-refractivity contribution >= 4 is 23.5 Å². The van der Waals surface area contributed by atoms with E-state index >= 15 is 0 Å². The van der Waals surface area contributed by atoms with Crippen LogP contribution < -0.4 is 9.80 Å². The van der Waals surface area contributed by atoms with Crippen LogP contribution in [0, 0.1) is 0 Å². The summed E-state index contributed by atoms with van der Waals surface area (Å²) in [5.41, 5.74) is 1.83. The van der Waals surface area contributed by atoms with Gasteiger partial charge in [-0.25, -0.2) is 15.0 Å². The van der Waals surface area contributed by atoms with Crippen molar-refractivity contribution < 1.29 is 9.59 Å². The molecule has 1 aromatic carbocycles. The largest absolute Gasteiger partial charge is 0.339 e. The Labute approximate surface area is 212 Å². The first-order chi connectivity index (χ1) is 17.4. The van der Waals surface area contributed by atoms with Crippen molar-refractivity contribution in [3.63, 3.8) is 0 Å². The number of carbonyl (C=O) groups excluding carboxylic acids is 2. The number of nitrogens with zero attached hydrogens (tertiary/aromatic N) is 7. The van der Waals surface area contributed by atoms with Gasteiger partial charge < -0.3 is 19.3 Å². The Hall–Kier alpha value is -3.75. The molecule has 190 valence electrons. The maximum absolute atomic E-state index is 13.6. The average Bonchev–Trinajstić information content (AvgIpc) is 3.34. The van der Waals surface area contributed by atoms with Gasteiger partial charge in [0.15, 0.2) is 0 Å². The molecule has 3 heterocycles. The average molecular weight is 490 g/mol. The molecule has 0 saturated heterocycles. The van der Waals surface area contributed by atoms with Crippen LogP contribution in [0.15, 0.2) is 55.1 Å². The molecule has 36 heavy (non-hydrogen) atoms. The van der Waals surface area contributed by atoms with Gasteiger partial charge in [0.1, 0.15) is 5.82 Å². The zero-order valence-electron chi connectivity index (χ0n) is 21.4. The number of amides is 2. The number of para-hydroxylation sites is 1. The van der Waals surface area contributed by atoms with Gasteiger partial charge >= 0.3 is 0 Å². The maximum atomic E-state index is 13.6. The fraction of sp³-hybridized carbons (Fsp3) is 0.444. The standard InChI is InChI=1S/C27H35N7O2/c1-21(2)26-28-13-17-31(26)16-10-25(36)33-19-18-32(27-29-11-6-12-30-27)14-7-15-34(22(3)35)24-9-5-4-8-23(24)20-33/h4-6,8-9,11-13,17,21H,7,10,14-16,18-20H2,1-3H3. The summed E-state index contributed by atoms with van der Waals surface area (Å²) in [6.07, 6.45) is 8.31. The monoisotopic (exact) mass is 489 g/mol. The van der Waals surface area contributed by atoms with Crippen molar-refractivity contribution in [2.24, 2.45) is 0 Å². The van der Waals surface area contributed by atoms with E-state index < -0.39 is 0 Å². The number of anilines is 2. The summed E-state index contributed by atoms with van der Waals surface area (Å²) in [5.74, 6) is 1.96. The Kier molecular flexibility index (Phi) is 8.30. The van der Waals surface area contributed by atoms with Gasteiger partial charge in [-0.3, -0.25) is 9.59 Å². The van der Waals surface area contributed by atoms with Crippen LogP contribution in [-0.2, 0) is 22.7 Å². The predicted molar refractivity (Wildman–Crippen MR) is 140 cm³/mol. The first-order valence-electron chi connectivity index (χ1n) is 12.6. The van der Waals surface area contributed by atoms with E-state index in [4.69, 9.17) is 0 Å². The van der Waals surface area contributed by atoms with Crippen molar-refractivity contribution in [2.75, 3.05) is 36.0 Å². The lowest BCUT2D eigenvalue weighted by atomic mass is 10.1. The molecule has 9 heteroatoms. The third-order valence-electron chi connectivity index (χ3n) is 6.49. The van der Waals surface area contributed by atoms with Crippen molar-refractivity contribution in [3.05, 3.63) is 66.5 Å². The van der Waals surface area contributed by atoms with Crippen LogP contribution in [0.3, 0.4) is 0 Å². The number of imidazole rings is 1. The van der Waals surface area contributed by atoms with E-state index in [0.717, 1.165) is 23.5 Å². The smallest absolute Gasteiger partial charge is 0.225 e. The second kappa shape index (κ2) is 11.8. The fourth-order valence-corrected chi connectivity index (χ4v) is 4.67. The number of hydrogen-bond acceptors (Lipinski definition) is 6. The van der Waals surface area contributed by atoms with Crippen molar-refractivity contribution in [3.8, 4) is 0 Å². The lowest BCUT2D eigenvalue weighted by molar-refractivity contribution is -0.132. The number of aromatic nitrogens is 4. The second-order valence-electron chi connectivity index (χ2n) is 9.39. The number of aryl methyl sites for hydroxylation is 1. The van der Waals surface area contributed by atoms with Gasteiger partial charge in [-0.2, -0.15) is 0 Å². The molecular formula is C27H35N7O2. The van der Waals surface area contributed by atoms with Crippen LogP contribution in [0.2, 0.25) is 0 Å². The molecule has 1 aliphatic rings. The Morgan fingerprint density at radius 3 is 2.47 bits per heavy atom. The molecule has 0 saturated carbocycles. The summed E-state index contributed by atoms with van der Waals surface area (Å²) in [5, 5.41) is 0. The summed E-state index contributed by atoms with van der Waals surface area (Å²) in [4.78, 5) is 45.3. The summed E-state index contributed by atoms with van der Waals surface area (Å²) in [6.45, 7) is 9.23. The molecular weight excluding hydrogens is 454 g/mol. The minimum absolute atomic E-state index is 0.0107. The van der Waals surface area contributed by atoms with Crippen LogP contribution in [0.5, 0.6) is 0 Å². The molecule has 0 radical (unpaired) electrons. The normalized spacial score (nSPS) is 14.9. The highest BCUT2D eigenvalue weighted by Gasteiger charge is 2.23. The van der Waals surface area contributed by atoms with E-state index in [1.54, 1.807) is 31.6 Å². The number of fused-ring (bicyclic) bond motifs is 1. The molecule has 1 aliphatic heterocycles. The minimum atomic E-state index is -0.0107. The van der Waals surface area contributed by atoms with E-state index in [1.807, 2.05) is 40.3 Å². The van der Waals surface area contributed by atoms with Gasteiger partial charge in [-0.05, 0) is 24.1 Å². The lowest BCUT2D eigenvalue weighted by Gasteiger charge is -2.28. The topological polar surface area (TPSA) is 87.5 Å². The summed E-state index contributed by atoms with van der Waals surface area (Å²) < 4.78 is 2.06. The van der Waals surface area contributed by atoms with Gasteiger partial charge in [-0.15, -0.1) is 0 Å². The third-order valence-corrected chi connectivity index (χ3v) is 6.49. The van der Waals surface area contributed by atoms with E-state index in [9.17, 15) is 9.59 Å². The highest BCUT2D eigenvalue weighted by atomic mass is 16.2.